The summed E-state index contributed by atoms with van der Waals surface area (Å²) >= 11 is 0. The van der Waals surface area contributed by atoms with Gasteiger partial charge in [-0.3, -0.25) is 4.79 Å². The monoisotopic (exact) mass is 372 g/mol. The first-order chi connectivity index (χ1) is 13.1. The van der Waals surface area contributed by atoms with Crippen LogP contribution >= 0.6 is 0 Å². The summed E-state index contributed by atoms with van der Waals surface area (Å²) in [4.78, 5) is 24.7. The summed E-state index contributed by atoms with van der Waals surface area (Å²) in [6.07, 6.45) is 3.50. The van der Waals surface area contributed by atoms with Crippen molar-refractivity contribution in [2.45, 2.75) is 13.0 Å². The first-order valence-corrected chi connectivity index (χ1v) is 9.02. The second kappa shape index (κ2) is 8.68. The molecule has 0 spiro atoms. The lowest BCUT2D eigenvalue weighted by atomic mass is 10.2. The molecule has 1 aliphatic rings. The molecule has 1 aromatic heterocycles. The predicted molar refractivity (Wildman–Crippen MR) is 103 cm³/mol. The van der Waals surface area contributed by atoms with Crippen molar-refractivity contribution in [3.05, 3.63) is 36.7 Å². The number of hydrogen-bond donors (Lipinski definition) is 2. The van der Waals surface area contributed by atoms with Gasteiger partial charge in [0.25, 0.3) is 5.91 Å². The van der Waals surface area contributed by atoms with Gasteiger partial charge >= 0.3 is 0 Å². The Hall–Kier alpha value is -2.87. The Balaban J connectivity index is 1.57. The van der Waals surface area contributed by atoms with Gasteiger partial charge in [-0.25, -0.2) is 9.97 Å². The fourth-order valence-electron chi connectivity index (χ4n) is 3.23. The second-order valence-corrected chi connectivity index (χ2v) is 6.47. The van der Waals surface area contributed by atoms with E-state index in [-0.39, 0.29) is 11.9 Å². The van der Waals surface area contributed by atoms with Crippen molar-refractivity contribution < 1.29 is 19.2 Å². The summed E-state index contributed by atoms with van der Waals surface area (Å²) in [5, 5.41) is 2.97. The number of benzene rings is 1. The SMILES string of the molecule is COc1ccc(NC(=O)[C@@H](C)[NH+]2CCN(c3ncccn3)CC2)cc1OC. The van der Waals surface area contributed by atoms with E-state index < -0.39 is 0 Å². The second-order valence-electron chi connectivity index (χ2n) is 6.47. The number of quaternary nitrogens is 1. The van der Waals surface area contributed by atoms with Gasteiger partial charge in [0, 0.05) is 24.1 Å². The Bertz CT molecular complexity index is 763. The maximum absolute atomic E-state index is 12.7. The number of aromatic nitrogens is 2. The van der Waals surface area contributed by atoms with Crippen LogP contribution in [-0.4, -0.2) is 62.3 Å². The third-order valence-electron chi connectivity index (χ3n) is 4.90. The smallest absolute Gasteiger partial charge is 0.282 e. The van der Waals surface area contributed by atoms with Gasteiger partial charge in [-0.2, -0.15) is 0 Å². The van der Waals surface area contributed by atoms with E-state index in [9.17, 15) is 4.79 Å². The summed E-state index contributed by atoms with van der Waals surface area (Å²) in [5.74, 6) is 1.96. The van der Waals surface area contributed by atoms with Crippen LogP contribution in [-0.2, 0) is 4.79 Å². The summed E-state index contributed by atoms with van der Waals surface area (Å²) < 4.78 is 10.5. The molecular formula is C19H26N5O3+. The summed E-state index contributed by atoms with van der Waals surface area (Å²) in [7, 11) is 3.16. The van der Waals surface area contributed by atoms with Crippen LogP contribution in [0.5, 0.6) is 11.5 Å². The predicted octanol–water partition coefficient (Wildman–Crippen LogP) is 0.226. The molecule has 3 rings (SSSR count). The Morgan fingerprint density at radius 3 is 2.44 bits per heavy atom. The first-order valence-electron chi connectivity index (χ1n) is 9.02. The number of carbonyl (C=O) groups excluding carboxylic acids is 1. The van der Waals surface area contributed by atoms with Crippen molar-refractivity contribution in [1.82, 2.24) is 9.97 Å². The standard InChI is InChI=1S/C19H25N5O3/c1-14(18(25)22-15-5-6-16(26-2)17(13-15)27-3)23-9-11-24(12-10-23)19-20-7-4-8-21-19/h4-8,13-14H,9-12H2,1-3H3,(H,22,25)/p+1/t14-/m1/s1. The number of methoxy groups -OCH3 is 2. The van der Waals surface area contributed by atoms with E-state index in [4.69, 9.17) is 9.47 Å². The highest BCUT2D eigenvalue weighted by molar-refractivity contribution is 5.93. The number of carbonyl (C=O) groups is 1. The molecule has 0 radical (unpaired) electrons. The number of ether oxygens (including phenoxy) is 2. The number of amides is 1. The minimum Gasteiger partial charge on any atom is -0.493 e. The maximum atomic E-state index is 12.7. The minimum absolute atomic E-state index is 0.0124. The number of hydrogen-bond acceptors (Lipinski definition) is 6. The molecule has 0 unspecified atom stereocenters. The summed E-state index contributed by atoms with van der Waals surface area (Å²) in [6, 6.07) is 7.02. The molecule has 1 atom stereocenters. The Labute approximate surface area is 159 Å². The van der Waals surface area contributed by atoms with Crippen molar-refractivity contribution in [3.63, 3.8) is 0 Å². The molecule has 1 fully saturated rings. The Morgan fingerprint density at radius 1 is 1.15 bits per heavy atom. The van der Waals surface area contributed by atoms with Crippen LogP contribution < -0.4 is 24.6 Å². The van der Waals surface area contributed by atoms with Crippen molar-refractivity contribution in [3.8, 4) is 11.5 Å². The van der Waals surface area contributed by atoms with Gasteiger partial charge in [0.1, 0.15) is 0 Å². The zero-order valence-corrected chi connectivity index (χ0v) is 15.9. The molecule has 1 amide bonds. The maximum Gasteiger partial charge on any atom is 0.282 e. The summed E-state index contributed by atoms with van der Waals surface area (Å²) in [5.41, 5.74) is 0.695. The zero-order chi connectivity index (χ0) is 19.2. The fourth-order valence-corrected chi connectivity index (χ4v) is 3.23. The average Bonchev–Trinajstić information content (AvgIpc) is 2.73. The quantitative estimate of drug-likeness (QED) is 0.755. The molecule has 1 aromatic carbocycles. The van der Waals surface area contributed by atoms with Crippen LogP contribution in [0.25, 0.3) is 0 Å². The molecule has 144 valence electrons. The van der Waals surface area contributed by atoms with Crippen LogP contribution in [0.1, 0.15) is 6.92 Å². The van der Waals surface area contributed by atoms with Crippen LogP contribution in [0.15, 0.2) is 36.7 Å². The van der Waals surface area contributed by atoms with E-state index in [1.807, 2.05) is 19.1 Å². The van der Waals surface area contributed by atoms with Gasteiger partial charge in [-0.1, -0.05) is 0 Å². The van der Waals surface area contributed by atoms with Gasteiger partial charge < -0.3 is 24.6 Å². The van der Waals surface area contributed by atoms with E-state index in [0.717, 1.165) is 32.1 Å². The molecule has 1 saturated heterocycles. The molecule has 2 N–H and O–H groups in total. The number of anilines is 2. The van der Waals surface area contributed by atoms with Gasteiger partial charge in [0.05, 0.1) is 40.4 Å². The topological polar surface area (TPSA) is 81.0 Å². The van der Waals surface area contributed by atoms with E-state index in [1.54, 1.807) is 38.7 Å². The van der Waals surface area contributed by atoms with Crippen LogP contribution in [0.4, 0.5) is 11.6 Å². The van der Waals surface area contributed by atoms with E-state index in [0.29, 0.717) is 17.2 Å². The Morgan fingerprint density at radius 2 is 1.81 bits per heavy atom. The third-order valence-corrected chi connectivity index (χ3v) is 4.90. The minimum atomic E-state index is -0.156. The number of nitrogens with zero attached hydrogens (tertiary/aromatic N) is 3. The molecule has 27 heavy (non-hydrogen) atoms. The molecule has 2 aromatic rings. The van der Waals surface area contributed by atoms with Gasteiger partial charge in [0.15, 0.2) is 17.5 Å². The highest BCUT2D eigenvalue weighted by Crippen LogP contribution is 2.29. The highest BCUT2D eigenvalue weighted by Gasteiger charge is 2.30. The third kappa shape index (κ3) is 4.46. The number of piperazine rings is 1. The number of nitrogens with one attached hydrogen (secondary N) is 2. The lowest BCUT2D eigenvalue weighted by molar-refractivity contribution is -0.914. The molecule has 0 saturated carbocycles. The Kier molecular flexibility index (Phi) is 6.08. The van der Waals surface area contributed by atoms with Crippen LogP contribution in [0, 0.1) is 0 Å². The van der Waals surface area contributed by atoms with Crippen molar-refractivity contribution >= 4 is 17.5 Å². The van der Waals surface area contributed by atoms with Gasteiger partial charge in [-0.05, 0) is 25.1 Å². The molecular weight excluding hydrogens is 346 g/mol. The van der Waals surface area contributed by atoms with E-state index in [2.05, 4.69) is 20.2 Å². The molecule has 8 nitrogen and oxygen atoms in total. The average molecular weight is 372 g/mol. The van der Waals surface area contributed by atoms with Gasteiger partial charge in [0.2, 0.25) is 5.95 Å². The normalized spacial score (nSPS) is 15.9. The molecule has 0 aliphatic carbocycles. The molecule has 8 heteroatoms. The van der Waals surface area contributed by atoms with Crippen molar-refractivity contribution in [1.29, 1.82) is 0 Å². The lowest BCUT2D eigenvalue weighted by Gasteiger charge is -2.34. The molecule has 1 aliphatic heterocycles. The van der Waals surface area contributed by atoms with Gasteiger partial charge in [-0.15, -0.1) is 0 Å². The largest absolute Gasteiger partial charge is 0.493 e. The van der Waals surface area contributed by atoms with Crippen molar-refractivity contribution in [2.75, 3.05) is 50.6 Å². The summed E-state index contributed by atoms with van der Waals surface area (Å²) in [6.45, 7) is 5.33. The zero-order valence-electron chi connectivity index (χ0n) is 15.9. The van der Waals surface area contributed by atoms with Crippen LogP contribution in [0.3, 0.4) is 0 Å². The van der Waals surface area contributed by atoms with Crippen LogP contribution in [0.2, 0.25) is 0 Å². The lowest BCUT2D eigenvalue weighted by Crippen LogP contribution is -3.19. The van der Waals surface area contributed by atoms with E-state index >= 15 is 0 Å². The number of rotatable bonds is 6. The molecule has 2 heterocycles. The first kappa shape index (κ1) is 18.9. The molecule has 0 bridgehead atoms. The van der Waals surface area contributed by atoms with Crippen molar-refractivity contribution in [2.24, 2.45) is 0 Å². The fraction of sp³-hybridized carbons (Fsp3) is 0.421. The van der Waals surface area contributed by atoms with E-state index in [1.165, 1.54) is 4.90 Å². The highest BCUT2D eigenvalue weighted by atomic mass is 16.5.